The van der Waals surface area contributed by atoms with Crippen molar-refractivity contribution >= 4 is 38.5 Å². The third-order valence-corrected chi connectivity index (χ3v) is 11.5. The molecule has 2 N–H and O–H groups in total. The highest BCUT2D eigenvalue weighted by Crippen LogP contribution is 2.36. The third-order valence-electron chi connectivity index (χ3n) is 9.43. The van der Waals surface area contributed by atoms with Crippen molar-refractivity contribution < 1.29 is 27.2 Å². The summed E-state index contributed by atoms with van der Waals surface area (Å²) in [5, 5.41) is 0.890. The molecule has 1 unspecified atom stereocenters. The number of piperazine rings is 1. The number of methoxy groups -OCH3 is 1. The Bertz CT molecular complexity index is 1870. The monoisotopic (exact) mass is 653 g/mol. The minimum atomic E-state index is -4.13. The van der Waals surface area contributed by atoms with Gasteiger partial charge in [0.1, 0.15) is 5.58 Å². The Morgan fingerprint density at radius 2 is 1.85 bits per heavy atom. The maximum Gasteiger partial charge on any atom is 0.341 e. The van der Waals surface area contributed by atoms with Gasteiger partial charge < -0.3 is 24.7 Å². The number of carbonyl (C=O) groups excluding carboxylic acids is 2. The molecule has 0 aliphatic carbocycles. The lowest BCUT2D eigenvalue weighted by atomic mass is 9.92. The van der Waals surface area contributed by atoms with E-state index in [9.17, 15) is 22.8 Å². The van der Waals surface area contributed by atoms with Gasteiger partial charge >= 0.3 is 5.63 Å². The number of carbonyl (C=O) groups is 2. The van der Waals surface area contributed by atoms with Gasteiger partial charge in [0.2, 0.25) is 15.9 Å². The van der Waals surface area contributed by atoms with Crippen LogP contribution in [-0.2, 0) is 27.7 Å². The zero-order valence-corrected chi connectivity index (χ0v) is 28.4. The van der Waals surface area contributed by atoms with Gasteiger partial charge in [-0.15, -0.1) is 0 Å². The second-order valence-electron chi connectivity index (χ2n) is 12.6. The molecule has 2 amide bonds. The minimum Gasteiger partial charge on any atom is -0.422 e. The van der Waals surface area contributed by atoms with E-state index in [1.54, 1.807) is 21.0 Å². The molecule has 12 nitrogen and oxygen atoms in total. The summed E-state index contributed by atoms with van der Waals surface area (Å²) in [5.41, 5.74) is 9.63. The fourth-order valence-electron chi connectivity index (χ4n) is 6.48. The van der Waals surface area contributed by atoms with Crippen LogP contribution in [0.2, 0.25) is 0 Å². The van der Waals surface area contributed by atoms with Crippen LogP contribution < -0.4 is 16.3 Å². The van der Waals surface area contributed by atoms with Crippen molar-refractivity contribution in [3.05, 3.63) is 68.1 Å². The van der Waals surface area contributed by atoms with Crippen molar-refractivity contribution in [3.63, 3.8) is 0 Å². The van der Waals surface area contributed by atoms with Gasteiger partial charge in [-0.3, -0.25) is 14.5 Å². The van der Waals surface area contributed by atoms with Gasteiger partial charge in [0.05, 0.1) is 35.2 Å². The molecule has 1 fully saturated rings. The highest BCUT2D eigenvalue weighted by Gasteiger charge is 2.33. The number of primary amides is 1. The molecule has 1 atom stereocenters. The third kappa shape index (κ3) is 5.92. The largest absolute Gasteiger partial charge is 0.422 e. The van der Waals surface area contributed by atoms with E-state index in [1.165, 1.54) is 30.1 Å². The van der Waals surface area contributed by atoms with E-state index in [4.69, 9.17) is 14.9 Å². The number of anilines is 1. The molecule has 1 saturated heterocycles. The van der Waals surface area contributed by atoms with Gasteiger partial charge in [-0.05, 0) is 76.6 Å². The molecule has 0 radical (unpaired) electrons. The Morgan fingerprint density at radius 3 is 2.50 bits per heavy atom. The van der Waals surface area contributed by atoms with E-state index in [2.05, 4.69) is 22.9 Å². The molecular weight excluding hydrogens is 610 g/mol. The predicted octanol–water partition coefficient (Wildman–Crippen LogP) is 2.50. The first-order valence-electron chi connectivity index (χ1n) is 15.4. The van der Waals surface area contributed by atoms with Crippen LogP contribution in [0.4, 0.5) is 5.69 Å². The fourth-order valence-corrected chi connectivity index (χ4v) is 8.07. The number of aryl methyl sites for hydroxylation is 2. The molecule has 46 heavy (non-hydrogen) atoms. The normalized spacial score (nSPS) is 17.6. The molecule has 0 spiro atoms. The summed E-state index contributed by atoms with van der Waals surface area (Å²) in [6.45, 7) is 10.9. The smallest absolute Gasteiger partial charge is 0.341 e. The SMILES string of the molecule is COCC1CN(c2cc(C)c3c4c(c(=O)oc3c2C)CN(C(=O)c2ccc(C(N)=O)c(S(=O)(=O)N(C)C(C)C)c2)CC4)CCN1C. The van der Waals surface area contributed by atoms with Crippen LogP contribution in [0.5, 0.6) is 0 Å². The second-order valence-corrected chi connectivity index (χ2v) is 14.6. The number of benzene rings is 2. The van der Waals surface area contributed by atoms with Crippen LogP contribution in [0.1, 0.15) is 56.8 Å². The predicted molar refractivity (Wildman–Crippen MR) is 176 cm³/mol. The van der Waals surface area contributed by atoms with Crippen molar-refractivity contribution in [3.8, 4) is 0 Å². The second kappa shape index (κ2) is 12.8. The fraction of sp³-hybridized carbons (Fsp3) is 0.485. The van der Waals surface area contributed by atoms with E-state index >= 15 is 0 Å². The number of nitrogens with two attached hydrogens (primary N) is 1. The van der Waals surface area contributed by atoms with Gasteiger partial charge in [-0.1, -0.05) is 0 Å². The molecule has 0 bridgehead atoms. The van der Waals surface area contributed by atoms with Crippen LogP contribution in [-0.4, -0.2) is 100 Å². The zero-order valence-electron chi connectivity index (χ0n) is 27.5. The van der Waals surface area contributed by atoms with Gasteiger partial charge in [0, 0.05) is 68.6 Å². The Morgan fingerprint density at radius 1 is 1.13 bits per heavy atom. The van der Waals surface area contributed by atoms with Crippen molar-refractivity contribution in [1.82, 2.24) is 14.1 Å². The number of likely N-dealkylation sites (N-methyl/N-ethyl adjacent to an activating group) is 1. The topological polar surface area (TPSA) is 147 Å². The van der Waals surface area contributed by atoms with E-state index < -0.39 is 33.5 Å². The van der Waals surface area contributed by atoms with Crippen LogP contribution in [0.15, 0.2) is 38.4 Å². The summed E-state index contributed by atoms with van der Waals surface area (Å²) in [7, 11) is 1.08. The van der Waals surface area contributed by atoms with Crippen molar-refractivity contribution in [2.75, 3.05) is 58.9 Å². The highest BCUT2D eigenvalue weighted by atomic mass is 32.2. The Kier molecular flexibility index (Phi) is 9.33. The Balaban J connectivity index is 1.49. The lowest BCUT2D eigenvalue weighted by molar-refractivity contribution is 0.0732. The summed E-state index contributed by atoms with van der Waals surface area (Å²) in [5.74, 6) is -1.38. The molecule has 1 aromatic heterocycles. The molecule has 248 valence electrons. The lowest BCUT2D eigenvalue weighted by Crippen LogP contribution is -2.53. The summed E-state index contributed by atoms with van der Waals surface area (Å²) in [6.07, 6.45) is 0.424. The molecule has 3 heterocycles. The molecule has 3 aromatic rings. The molecule has 2 aliphatic rings. The lowest BCUT2D eigenvalue weighted by Gasteiger charge is -2.41. The summed E-state index contributed by atoms with van der Waals surface area (Å²) in [6, 6.07) is 5.85. The van der Waals surface area contributed by atoms with E-state index in [0.29, 0.717) is 30.7 Å². The van der Waals surface area contributed by atoms with Crippen LogP contribution >= 0.6 is 0 Å². The maximum atomic E-state index is 13.7. The quantitative estimate of drug-likeness (QED) is 0.362. The average molecular weight is 654 g/mol. The maximum absolute atomic E-state index is 13.7. The number of hydrogen-bond acceptors (Lipinski definition) is 9. The number of hydrogen-bond donors (Lipinski definition) is 1. The number of sulfonamides is 1. The summed E-state index contributed by atoms with van der Waals surface area (Å²) in [4.78, 5) is 45.1. The van der Waals surface area contributed by atoms with Crippen molar-refractivity contribution in [1.29, 1.82) is 0 Å². The molecule has 0 saturated carbocycles. The van der Waals surface area contributed by atoms with Crippen LogP contribution in [0.25, 0.3) is 11.0 Å². The number of nitrogens with zero attached hydrogens (tertiary/aromatic N) is 4. The zero-order chi connectivity index (χ0) is 33.7. The van der Waals surface area contributed by atoms with Crippen LogP contribution in [0, 0.1) is 13.8 Å². The molecular formula is C33H43N5O7S. The summed E-state index contributed by atoms with van der Waals surface area (Å²) < 4.78 is 39.3. The average Bonchev–Trinajstić information content (AvgIpc) is 3.02. The van der Waals surface area contributed by atoms with E-state index in [-0.39, 0.29) is 28.6 Å². The van der Waals surface area contributed by atoms with Gasteiger partial charge in [0.25, 0.3) is 5.91 Å². The number of rotatable bonds is 8. The first kappa shape index (κ1) is 33.6. The van der Waals surface area contributed by atoms with Gasteiger partial charge in [-0.25, -0.2) is 13.2 Å². The first-order chi connectivity index (χ1) is 21.7. The molecule has 2 aromatic carbocycles. The van der Waals surface area contributed by atoms with E-state index in [1.807, 2.05) is 13.8 Å². The minimum absolute atomic E-state index is 0.00931. The van der Waals surface area contributed by atoms with Crippen molar-refractivity contribution in [2.45, 2.75) is 57.6 Å². The van der Waals surface area contributed by atoms with Gasteiger partial charge in [-0.2, -0.15) is 4.31 Å². The molecule has 13 heteroatoms. The number of fused-ring (bicyclic) bond motifs is 3. The van der Waals surface area contributed by atoms with Crippen LogP contribution in [0.3, 0.4) is 0 Å². The highest BCUT2D eigenvalue weighted by molar-refractivity contribution is 7.89. The van der Waals surface area contributed by atoms with E-state index in [0.717, 1.165) is 51.7 Å². The molecule has 5 rings (SSSR count). The summed E-state index contributed by atoms with van der Waals surface area (Å²) >= 11 is 0. The Hall–Kier alpha value is -3.78. The standard InChI is InChI=1S/C33H43N5O7S/c1-19(2)36(6)46(42,43)28-15-22(8-9-25(28)31(34)39)32(40)38-11-10-24-26(17-38)33(41)45-30-21(4)27(14-20(3)29(24)30)37-13-12-35(5)23(16-37)18-44-7/h8-9,14-15,19,23H,10-13,16-18H2,1-7H3,(H2,34,39). The number of amides is 2. The first-order valence-corrected chi connectivity index (χ1v) is 16.8. The molecule has 2 aliphatic heterocycles. The van der Waals surface area contributed by atoms with Gasteiger partial charge in [0.15, 0.2) is 0 Å². The van der Waals surface area contributed by atoms with Crippen molar-refractivity contribution in [2.24, 2.45) is 5.73 Å². The number of ether oxygens (including phenoxy) is 1. The Labute approximate surface area is 269 Å².